The molecule has 2 aromatic carbocycles. The Hall–Kier alpha value is -3.02. The van der Waals surface area contributed by atoms with E-state index in [4.69, 9.17) is 4.74 Å². The van der Waals surface area contributed by atoms with E-state index in [0.717, 1.165) is 17.0 Å². The molecular formula is C20H23N3O3. The molecule has 6 heteroatoms. The molecule has 3 rings (SSSR count). The molecule has 0 aliphatic carbocycles. The van der Waals surface area contributed by atoms with Gasteiger partial charge >= 0.3 is 11.8 Å². The van der Waals surface area contributed by atoms with Gasteiger partial charge in [-0.25, -0.2) is 0 Å². The predicted molar refractivity (Wildman–Crippen MR) is 102 cm³/mol. The first-order chi connectivity index (χ1) is 12.6. The normalized spacial score (nSPS) is 14.1. The largest absolute Gasteiger partial charge is 0.495 e. The molecule has 2 aromatic rings. The van der Waals surface area contributed by atoms with E-state index in [-0.39, 0.29) is 0 Å². The molecule has 2 amide bonds. The van der Waals surface area contributed by atoms with Crippen LogP contribution in [0.5, 0.6) is 5.75 Å². The van der Waals surface area contributed by atoms with Crippen LogP contribution in [0, 0.1) is 6.92 Å². The van der Waals surface area contributed by atoms with E-state index in [1.165, 1.54) is 0 Å². The number of carbonyl (C=O) groups is 2. The van der Waals surface area contributed by atoms with E-state index >= 15 is 0 Å². The van der Waals surface area contributed by atoms with Gasteiger partial charge in [-0.1, -0.05) is 30.3 Å². The number of hydrogen-bond acceptors (Lipinski definition) is 4. The van der Waals surface area contributed by atoms with Crippen molar-refractivity contribution in [2.45, 2.75) is 6.92 Å². The number of benzene rings is 2. The first kappa shape index (κ1) is 17.8. The molecule has 0 bridgehead atoms. The second-order valence-electron chi connectivity index (χ2n) is 6.22. The van der Waals surface area contributed by atoms with Gasteiger partial charge in [0.25, 0.3) is 0 Å². The SMILES string of the molecule is COc1ccccc1N1CCN(C(=O)C(=O)Nc2ccccc2C)CC1. The fourth-order valence-electron chi connectivity index (χ4n) is 3.07. The quantitative estimate of drug-likeness (QED) is 0.860. The first-order valence-electron chi connectivity index (χ1n) is 8.64. The van der Waals surface area contributed by atoms with Crippen LogP contribution in [0.3, 0.4) is 0 Å². The van der Waals surface area contributed by atoms with Gasteiger partial charge in [0, 0.05) is 31.9 Å². The number of piperazine rings is 1. The summed E-state index contributed by atoms with van der Waals surface area (Å²) in [5.74, 6) is -0.275. The summed E-state index contributed by atoms with van der Waals surface area (Å²) in [5, 5.41) is 2.70. The molecule has 6 nitrogen and oxygen atoms in total. The number of nitrogens with zero attached hydrogens (tertiary/aromatic N) is 2. The van der Waals surface area contributed by atoms with Gasteiger partial charge in [0.1, 0.15) is 5.75 Å². The van der Waals surface area contributed by atoms with E-state index in [0.29, 0.717) is 31.9 Å². The van der Waals surface area contributed by atoms with Crippen LogP contribution in [0.15, 0.2) is 48.5 Å². The zero-order valence-electron chi connectivity index (χ0n) is 15.1. The smallest absolute Gasteiger partial charge is 0.313 e. The number of anilines is 2. The molecule has 0 saturated carbocycles. The zero-order chi connectivity index (χ0) is 18.5. The maximum absolute atomic E-state index is 12.5. The van der Waals surface area contributed by atoms with Crippen molar-refractivity contribution in [2.24, 2.45) is 0 Å². The van der Waals surface area contributed by atoms with Gasteiger partial charge in [-0.3, -0.25) is 9.59 Å². The fraction of sp³-hybridized carbons (Fsp3) is 0.300. The van der Waals surface area contributed by atoms with E-state index in [9.17, 15) is 9.59 Å². The summed E-state index contributed by atoms with van der Waals surface area (Å²) in [4.78, 5) is 28.5. The molecule has 0 spiro atoms. The van der Waals surface area contributed by atoms with Crippen molar-refractivity contribution in [3.05, 3.63) is 54.1 Å². The topological polar surface area (TPSA) is 61.9 Å². The van der Waals surface area contributed by atoms with Crippen molar-refractivity contribution in [3.8, 4) is 5.75 Å². The monoisotopic (exact) mass is 353 g/mol. The summed E-state index contributed by atoms with van der Waals surface area (Å²) in [5.41, 5.74) is 2.60. The summed E-state index contributed by atoms with van der Waals surface area (Å²) in [6, 6.07) is 15.2. The first-order valence-corrected chi connectivity index (χ1v) is 8.64. The minimum absolute atomic E-state index is 0.493. The highest BCUT2D eigenvalue weighted by atomic mass is 16.5. The lowest BCUT2D eigenvalue weighted by Gasteiger charge is -2.36. The Morgan fingerprint density at radius 3 is 2.31 bits per heavy atom. The molecule has 0 aromatic heterocycles. The Morgan fingerprint density at radius 1 is 0.962 bits per heavy atom. The number of hydrogen-bond donors (Lipinski definition) is 1. The zero-order valence-corrected chi connectivity index (χ0v) is 15.1. The Bertz CT molecular complexity index is 798. The van der Waals surface area contributed by atoms with Gasteiger partial charge in [-0.2, -0.15) is 0 Å². The Labute approximate surface area is 153 Å². The summed E-state index contributed by atoms with van der Waals surface area (Å²) < 4.78 is 5.40. The van der Waals surface area contributed by atoms with Crippen LogP contribution in [-0.2, 0) is 9.59 Å². The predicted octanol–water partition coefficient (Wildman–Crippen LogP) is 2.29. The third-order valence-corrected chi connectivity index (χ3v) is 4.58. The lowest BCUT2D eigenvalue weighted by atomic mass is 10.2. The molecule has 1 aliphatic heterocycles. The summed E-state index contributed by atoms with van der Waals surface area (Å²) >= 11 is 0. The second kappa shape index (κ2) is 7.91. The highest BCUT2D eigenvalue weighted by molar-refractivity contribution is 6.39. The van der Waals surface area contributed by atoms with E-state index in [2.05, 4.69) is 10.2 Å². The minimum atomic E-state index is -0.593. The molecule has 1 N–H and O–H groups in total. The Balaban J connectivity index is 1.60. The van der Waals surface area contributed by atoms with Crippen LogP contribution in [0.4, 0.5) is 11.4 Å². The maximum atomic E-state index is 12.5. The average Bonchev–Trinajstić information content (AvgIpc) is 2.69. The lowest BCUT2D eigenvalue weighted by Crippen LogP contribution is -2.51. The van der Waals surface area contributed by atoms with Crippen molar-refractivity contribution >= 4 is 23.2 Å². The number of methoxy groups -OCH3 is 1. The van der Waals surface area contributed by atoms with Crippen LogP contribution in [0.2, 0.25) is 0 Å². The van der Waals surface area contributed by atoms with Crippen molar-refractivity contribution in [1.82, 2.24) is 4.90 Å². The number of carbonyl (C=O) groups excluding carboxylic acids is 2. The Kier molecular flexibility index (Phi) is 5.41. The summed E-state index contributed by atoms with van der Waals surface area (Å²) in [6.45, 7) is 4.20. The highest BCUT2D eigenvalue weighted by Gasteiger charge is 2.27. The van der Waals surface area contributed by atoms with Gasteiger partial charge in [0.05, 0.1) is 12.8 Å². The third kappa shape index (κ3) is 3.79. The number of para-hydroxylation sites is 3. The second-order valence-corrected chi connectivity index (χ2v) is 6.22. The minimum Gasteiger partial charge on any atom is -0.495 e. The van der Waals surface area contributed by atoms with Crippen molar-refractivity contribution in [3.63, 3.8) is 0 Å². The molecule has 0 radical (unpaired) electrons. The number of ether oxygens (including phenoxy) is 1. The van der Waals surface area contributed by atoms with Gasteiger partial charge in [0.2, 0.25) is 0 Å². The van der Waals surface area contributed by atoms with Crippen LogP contribution in [-0.4, -0.2) is 50.0 Å². The third-order valence-electron chi connectivity index (χ3n) is 4.58. The molecule has 1 heterocycles. The molecule has 1 aliphatic rings. The average molecular weight is 353 g/mol. The number of amides is 2. The number of nitrogens with one attached hydrogen (secondary N) is 1. The van der Waals surface area contributed by atoms with Gasteiger partial charge in [-0.05, 0) is 30.7 Å². The van der Waals surface area contributed by atoms with Crippen molar-refractivity contribution in [1.29, 1.82) is 0 Å². The molecule has 0 unspecified atom stereocenters. The summed E-state index contributed by atoms with van der Waals surface area (Å²) in [7, 11) is 1.65. The van der Waals surface area contributed by atoms with Gasteiger partial charge in [0.15, 0.2) is 0 Å². The standard InChI is InChI=1S/C20H23N3O3/c1-15-7-3-4-8-16(15)21-19(24)20(25)23-13-11-22(12-14-23)17-9-5-6-10-18(17)26-2/h3-10H,11-14H2,1-2H3,(H,21,24). The summed E-state index contributed by atoms with van der Waals surface area (Å²) in [6.07, 6.45) is 0. The lowest BCUT2D eigenvalue weighted by molar-refractivity contribution is -0.143. The van der Waals surface area contributed by atoms with Crippen LogP contribution in [0.25, 0.3) is 0 Å². The number of rotatable bonds is 3. The molecule has 1 saturated heterocycles. The van der Waals surface area contributed by atoms with Gasteiger partial charge < -0.3 is 19.9 Å². The molecule has 136 valence electrons. The number of aryl methyl sites for hydroxylation is 1. The molecule has 26 heavy (non-hydrogen) atoms. The fourth-order valence-corrected chi connectivity index (χ4v) is 3.07. The van der Waals surface area contributed by atoms with Gasteiger partial charge in [-0.15, -0.1) is 0 Å². The van der Waals surface area contributed by atoms with E-state index < -0.39 is 11.8 Å². The molecular weight excluding hydrogens is 330 g/mol. The van der Waals surface area contributed by atoms with Crippen LogP contribution in [0.1, 0.15) is 5.56 Å². The van der Waals surface area contributed by atoms with Crippen molar-refractivity contribution in [2.75, 3.05) is 43.5 Å². The van der Waals surface area contributed by atoms with Crippen LogP contribution >= 0.6 is 0 Å². The van der Waals surface area contributed by atoms with Crippen LogP contribution < -0.4 is 15.0 Å². The maximum Gasteiger partial charge on any atom is 0.313 e. The van der Waals surface area contributed by atoms with E-state index in [1.54, 1.807) is 18.1 Å². The Morgan fingerprint density at radius 2 is 1.62 bits per heavy atom. The van der Waals surface area contributed by atoms with Crippen molar-refractivity contribution < 1.29 is 14.3 Å². The molecule has 0 atom stereocenters. The highest BCUT2D eigenvalue weighted by Crippen LogP contribution is 2.28. The van der Waals surface area contributed by atoms with E-state index in [1.807, 2.05) is 49.4 Å². The molecule has 1 fully saturated rings.